The molecule has 0 aliphatic rings. The quantitative estimate of drug-likeness (QED) is 0.257. The summed E-state index contributed by atoms with van der Waals surface area (Å²) in [6.45, 7) is 3.54. The van der Waals surface area contributed by atoms with Crippen LogP contribution < -0.4 is 20.2 Å². The van der Waals surface area contributed by atoms with E-state index in [1.165, 1.54) is 19.2 Å². The second kappa shape index (κ2) is 12.0. The van der Waals surface area contributed by atoms with Crippen LogP contribution in [0.3, 0.4) is 0 Å². The van der Waals surface area contributed by atoms with E-state index < -0.39 is 17.6 Å². The number of halogens is 2. The lowest BCUT2D eigenvalue weighted by molar-refractivity contribution is -0.136. The molecule has 182 valence electrons. The highest BCUT2D eigenvalue weighted by atomic mass is 35.5. The van der Waals surface area contributed by atoms with Crippen molar-refractivity contribution >= 4 is 34.8 Å². The number of nitrogens with one attached hydrogen (secondary N) is 2. The summed E-state index contributed by atoms with van der Waals surface area (Å²) < 4.78 is 25.1. The Morgan fingerprint density at radius 3 is 2.51 bits per heavy atom. The number of ether oxygens (including phenoxy) is 2. The zero-order valence-electron chi connectivity index (χ0n) is 19.5. The van der Waals surface area contributed by atoms with E-state index in [9.17, 15) is 14.0 Å². The SMILES string of the molecule is CCc1ccccc1NC(=O)C(=O)N/N=C(\C)c1ccc(OCc2c(F)cccc2Cl)c(OC)c1. The van der Waals surface area contributed by atoms with Crippen LogP contribution in [0.5, 0.6) is 11.5 Å². The van der Waals surface area contributed by atoms with Gasteiger partial charge in [0.25, 0.3) is 0 Å². The van der Waals surface area contributed by atoms with Crippen molar-refractivity contribution in [3.05, 3.63) is 88.2 Å². The number of hydrogen-bond donors (Lipinski definition) is 2. The van der Waals surface area contributed by atoms with Crippen LogP contribution in [-0.4, -0.2) is 24.6 Å². The maximum Gasteiger partial charge on any atom is 0.329 e. The van der Waals surface area contributed by atoms with Crippen LogP contribution in [0.1, 0.15) is 30.5 Å². The summed E-state index contributed by atoms with van der Waals surface area (Å²) in [6.07, 6.45) is 0.713. The summed E-state index contributed by atoms with van der Waals surface area (Å²) in [6, 6.07) is 16.6. The van der Waals surface area contributed by atoms with Crippen molar-refractivity contribution in [2.75, 3.05) is 12.4 Å². The van der Waals surface area contributed by atoms with E-state index >= 15 is 0 Å². The van der Waals surface area contributed by atoms with Crippen molar-refractivity contribution in [2.24, 2.45) is 5.10 Å². The van der Waals surface area contributed by atoms with Gasteiger partial charge in [0.05, 0.1) is 17.8 Å². The maximum absolute atomic E-state index is 14.0. The molecule has 9 heteroatoms. The fraction of sp³-hybridized carbons (Fsp3) is 0.192. The molecular formula is C26H25ClFN3O4. The molecule has 0 aromatic heterocycles. The minimum Gasteiger partial charge on any atom is -0.493 e. The van der Waals surface area contributed by atoms with Crippen molar-refractivity contribution in [1.82, 2.24) is 5.43 Å². The molecule has 2 amide bonds. The average Bonchev–Trinajstić information content (AvgIpc) is 2.87. The first-order chi connectivity index (χ1) is 16.8. The first-order valence-electron chi connectivity index (χ1n) is 10.8. The smallest absolute Gasteiger partial charge is 0.329 e. The lowest BCUT2D eigenvalue weighted by atomic mass is 10.1. The van der Waals surface area contributed by atoms with E-state index in [0.717, 1.165) is 5.56 Å². The largest absolute Gasteiger partial charge is 0.493 e. The average molecular weight is 498 g/mol. The molecule has 0 radical (unpaired) electrons. The van der Waals surface area contributed by atoms with E-state index in [1.807, 2.05) is 19.1 Å². The number of hydrogen-bond acceptors (Lipinski definition) is 5. The monoisotopic (exact) mass is 497 g/mol. The van der Waals surface area contributed by atoms with Crippen molar-refractivity contribution in [3.63, 3.8) is 0 Å². The Bertz CT molecular complexity index is 1240. The highest BCUT2D eigenvalue weighted by Crippen LogP contribution is 2.30. The summed E-state index contributed by atoms with van der Waals surface area (Å²) in [5.41, 5.74) is 5.04. The second-order valence-electron chi connectivity index (χ2n) is 7.46. The Kier molecular flexibility index (Phi) is 8.80. The minimum absolute atomic E-state index is 0.0827. The maximum atomic E-state index is 14.0. The molecule has 0 atom stereocenters. The first-order valence-corrected chi connectivity index (χ1v) is 11.2. The van der Waals surface area contributed by atoms with Gasteiger partial charge in [-0.15, -0.1) is 0 Å². The molecule has 0 bridgehead atoms. The van der Waals surface area contributed by atoms with Crippen LogP contribution in [0.4, 0.5) is 10.1 Å². The van der Waals surface area contributed by atoms with Gasteiger partial charge in [0.15, 0.2) is 11.5 Å². The zero-order valence-corrected chi connectivity index (χ0v) is 20.3. The Balaban J connectivity index is 1.66. The van der Waals surface area contributed by atoms with Crippen molar-refractivity contribution in [2.45, 2.75) is 26.9 Å². The fourth-order valence-electron chi connectivity index (χ4n) is 3.21. The number of amides is 2. The number of para-hydroxylation sites is 1. The lowest BCUT2D eigenvalue weighted by Gasteiger charge is -2.13. The Labute approximate surface area is 207 Å². The molecule has 3 rings (SSSR count). The Morgan fingerprint density at radius 2 is 1.80 bits per heavy atom. The van der Waals surface area contributed by atoms with E-state index in [2.05, 4.69) is 15.8 Å². The zero-order chi connectivity index (χ0) is 25.4. The van der Waals surface area contributed by atoms with Gasteiger partial charge in [-0.3, -0.25) is 9.59 Å². The van der Waals surface area contributed by atoms with Crippen molar-refractivity contribution in [3.8, 4) is 11.5 Å². The summed E-state index contributed by atoms with van der Waals surface area (Å²) in [5.74, 6) is -1.43. The molecular weight excluding hydrogens is 473 g/mol. The number of carbonyl (C=O) groups excluding carboxylic acids is 2. The number of rotatable bonds is 8. The molecule has 0 heterocycles. The van der Waals surface area contributed by atoms with E-state index in [-0.39, 0.29) is 17.2 Å². The summed E-state index contributed by atoms with van der Waals surface area (Å²) in [5, 5.41) is 6.87. The number of carbonyl (C=O) groups is 2. The van der Waals surface area contributed by atoms with Crippen LogP contribution in [-0.2, 0) is 22.6 Å². The van der Waals surface area contributed by atoms with Gasteiger partial charge in [0, 0.05) is 16.8 Å². The summed E-state index contributed by atoms with van der Waals surface area (Å²) >= 11 is 6.05. The van der Waals surface area contributed by atoms with Crippen LogP contribution in [0.25, 0.3) is 0 Å². The number of nitrogens with zero attached hydrogens (tertiary/aromatic N) is 1. The van der Waals surface area contributed by atoms with Gasteiger partial charge in [0.2, 0.25) is 0 Å². The number of anilines is 1. The van der Waals surface area contributed by atoms with Crippen molar-refractivity contribution in [1.29, 1.82) is 0 Å². The predicted molar refractivity (Wildman–Crippen MR) is 134 cm³/mol. The highest BCUT2D eigenvalue weighted by Gasteiger charge is 2.15. The molecule has 7 nitrogen and oxygen atoms in total. The molecule has 0 spiro atoms. The van der Waals surface area contributed by atoms with E-state index in [1.54, 1.807) is 43.3 Å². The topological polar surface area (TPSA) is 89.0 Å². The molecule has 3 aromatic carbocycles. The molecule has 3 aromatic rings. The minimum atomic E-state index is -0.899. The van der Waals surface area contributed by atoms with Gasteiger partial charge in [0.1, 0.15) is 12.4 Å². The van der Waals surface area contributed by atoms with Gasteiger partial charge >= 0.3 is 11.8 Å². The molecule has 0 aliphatic heterocycles. The van der Waals surface area contributed by atoms with E-state index in [4.69, 9.17) is 21.1 Å². The number of benzene rings is 3. The molecule has 0 saturated carbocycles. The third-order valence-electron chi connectivity index (χ3n) is 5.19. The molecule has 0 aliphatic carbocycles. The third-order valence-corrected chi connectivity index (χ3v) is 5.55. The van der Waals surface area contributed by atoms with Gasteiger partial charge < -0.3 is 14.8 Å². The molecule has 2 N–H and O–H groups in total. The number of hydrazone groups is 1. The van der Waals surface area contributed by atoms with Crippen LogP contribution in [0, 0.1) is 5.82 Å². The normalized spacial score (nSPS) is 11.1. The third kappa shape index (κ3) is 6.58. The highest BCUT2D eigenvalue weighted by molar-refractivity contribution is 6.39. The predicted octanol–water partition coefficient (Wildman–Crippen LogP) is 5.11. The van der Waals surface area contributed by atoms with Gasteiger partial charge in [-0.05, 0) is 55.3 Å². The lowest BCUT2D eigenvalue weighted by Crippen LogP contribution is -2.33. The first kappa shape index (κ1) is 25.7. The fourth-order valence-corrected chi connectivity index (χ4v) is 3.43. The standard InChI is InChI=1S/C26H25ClFN3O4/c1-4-17-8-5-6-11-22(17)29-25(32)26(33)31-30-16(2)18-12-13-23(24(14-18)34-3)35-15-19-20(27)9-7-10-21(19)28/h5-14H,4,15H2,1-3H3,(H,29,32)(H,31,33)/b30-16+. The summed E-state index contributed by atoms with van der Waals surface area (Å²) in [4.78, 5) is 24.5. The number of methoxy groups -OCH3 is 1. The molecule has 0 saturated heterocycles. The van der Waals surface area contributed by atoms with Crippen LogP contribution in [0.15, 0.2) is 65.8 Å². The second-order valence-corrected chi connectivity index (χ2v) is 7.86. The Hall–Kier alpha value is -3.91. The molecule has 35 heavy (non-hydrogen) atoms. The van der Waals surface area contributed by atoms with Gasteiger partial charge in [-0.25, -0.2) is 9.82 Å². The number of aryl methyl sites for hydroxylation is 1. The van der Waals surface area contributed by atoms with E-state index in [0.29, 0.717) is 34.9 Å². The molecule has 0 unspecified atom stereocenters. The van der Waals surface area contributed by atoms with Gasteiger partial charge in [-0.1, -0.05) is 42.8 Å². The summed E-state index contributed by atoms with van der Waals surface area (Å²) in [7, 11) is 1.47. The Morgan fingerprint density at radius 1 is 1.03 bits per heavy atom. The van der Waals surface area contributed by atoms with Crippen molar-refractivity contribution < 1.29 is 23.5 Å². The molecule has 0 fully saturated rings. The van der Waals surface area contributed by atoms with Crippen LogP contribution in [0.2, 0.25) is 5.02 Å². The van der Waals surface area contributed by atoms with Gasteiger partial charge in [-0.2, -0.15) is 5.10 Å². The van der Waals surface area contributed by atoms with Crippen LogP contribution >= 0.6 is 11.6 Å².